The summed E-state index contributed by atoms with van der Waals surface area (Å²) in [4.78, 5) is 0. The van der Waals surface area contributed by atoms with Crippen molar-refractivity contribution in [3.63, 3.8) is 0 Å². The van der Waals surface area contributed by atoms with Crippen LogP contribution in [0.5, 0.6) is 0 Å². The fraction of sp³-hybridized carbons (Fsp3) is 0.182. The van der Waals surface area contributed by atoms with Gasteiger partial charge in [-0.1, -0.05) is 148 Å². The van der Waals surface area contributed by atoms with Crippen LogP contribution in [0.4, 0.5) is 0 Å². The van der Waals surface area contributed by atoms with Gasteiger partial charge in [-0.2, -0.15) is 0 Å². The molecule has 0 saturated heterocycles. The van der Waals surface area contributed by atoms with E-state index in [4.69, 9.17) is 4.43 Å². The van der Waals surface area contributed by atoms with Gasteiger partial charge in [-0.05, 0) is 88.3 Å². The van der Waals surface area contributed by atoms with Gasteiger partial charge < -0.3 is 21.4 Å². The molecule has 4 heteroatoms. The largest absolute Gasteiger partial charge is 1.00 e. The lowest BCUT2D eigenvalue weighted by Gasteiger charge is -2.36. The Labute approximate surface area is 300 Å². The van der Waals surface area contributed by atoms with E-state index < -0.39 is 16.3 Å². The normalized spacial score (nSPS) is 12.4. The van der Waals surface area contributed by atoms with Gasteiger partial charge in [0.2, 0.25) is 0 Å². The third-order valence-electron chi connectivity index (χ3n) is 9.10. The molecule has 0 aliphatic rings. The van der Waals surface area contributed by atoms with Crippen LogP contribution in [0.3, 0.4) is 0 Å². The Bertz CT molecular complexity index is 1740. The fourth-order valence-corrected chi connectivity index (χ4v) is 13.3. The third kappa shape index (κ3) is 7.66. The van der Waals surface area contributed by atoms with Gasteiger partial charge >= 0.3 is 0 Å². The minimum Gasteiger partial charge on any atom is -1.00 e. The Morgan fingerprint density at radius 2 is 0.917 bits per heavy atom. The second-order valence-electron chi connectivity index (χ2n) is 13.5. The molecule has 0 amide bonds. The maximum absolute atomic E-state index is 7.37. The van der Waals surface area contributed by atoms with E-state index in [9.17, 15) is 0 Å². The maximum atomic E-state index is 7.37. The first-order valence-corrected chi connectivity index (χ1v) is 19.9. The van der Waals surface area contributed by atoms with E-state index in [1.165, 1.54) is 48.5 Å². The summed E-state index contributed by atoms with van der Waals surface area (Å²) in [6.07, 6.45) is 0.892. The first-order valence-electron chi connectivity index (χ1n) is 16.6. The molecule has 1 nitrogen and oxygen atoms in total. The van der Waals surface area contributed by atoms with Gasteiger partial charge in [-0.15, -0.1) is 0 Å². The topological polar surface area (TPSA) is 9.23 Å². The number of rotatable bonds is 10. The fourth-order valence-electron chi connectivity index (χ4n) is 6.68. The summed E-state index contributed by atoms with van der Waals surface area (Å²) in [6, 6.07) is 60.1. The van der Waals surface area contributed by atoms with E-state index in [1.54, 1.807) is 0 Å². The van der Waals surface area contributed by atoms with Crippen molar-refractivity contribution in [1.29, 1.82) is 0 Å². The van der Waals surface area contributed by atoms with Gasteiger partial charge in [-0.3, -0.25) is 0 Å². The number of aryl methyl sites for hydroxylation is 2. The monoisotopic (exact) mass is 727 g/mol. The molecule has 1 atom stereocenters. The molecular formula is C44H45BrOPSi. The molecule has 6 aromatic carbocycles. The van der Waals surface area contributed by atoms with Gasteiger partial charge in [0.25, 0.3) is 9.04 Å². The van der Waals surface area contributed by atoms with Crippen LogP contribution in [-0.2, 0) is 10.6 Å². The molecule has 0 aliphatic heterocycles. The molecule has 6 rings (SSSR count). The second-order valence-corrected chi connectivity index (χ2v) is 19.1. The van der Waals surface area contributed by atoms with E-state index >= 15 is 0 Å². The molecule has 0 saturated carbocycles. The third-order valence-corrected chi connectivity index (χ3v) is 15.6. The lowest BCUT2D eigenvalue weighted by molar-refractivity contribution is -0.0000101. The Hall–Kier alpha value is -3.59. The van der Waals surface area contributed by atoms with E-state index in [-0.39, 0.29) is 28.5 Å². The van der Waals surface area contributed by atoms with E-state index in [1.807, 2.05) is 0 Å². The van der Waals surface area contributed by atoms with Crippen LogP contribution in [-0.4, -0.2) is 9.04 Å². The van der Waals surface area contributed by atoms with E-state index in [0.29, 0.717) is 0 Å². The van der Waals surface area contributed by atoms with Crippen molar-refractivity contribution in [3.8, 4) is 0 Å². The molecule has 0 fully saturated rings. The Balaban J connectivity index is 0.00000451. The van der Waals surface area contributed by atoms with Crippen LogP contribution in [0.15, 0.2) is 164 Å². The van der Waals surface area contributed by atoms with Crippen molar-refractivity contribution in [3.05, 3.63) is 186 Å². The predicted molar refractivity (Wildman–Crippen MR) is 206 cm³/mol. The average Bonchev–Trinajstić information content (AvgIpc) is 3.10. The summed E-state index contributed by atoms with van der Waals surface area (Å²) in [5, 5.41) is 6.77. The highest BCUT2D eigenvalue weighted by Gasteiger charge is 2.46. The van der Waals surface area contributed by atoms with Crippen molar-refractivity contribution in [2.45, 2.75) is 46.9 Å². The zero-order valence-corrected chi connectivity index (χ0v) is 32.1. The molecular weight excluding hydrogens is 683 g/mol. The molecule has 0 heterocycles. The summed E-state index contributed by atoms with van der Waals surface area (Å²) in [7, 11) is -3.52. The molecule has 1 unspecified atom stereocenters. The van der Waals surface area contributed by atoms with E-state index in [0.717, 1.165) is 6.16 Å². The summed E-state index contributed by atoms with van der Waals surface area (Å²) in [6.45, 7) is 11.5. The molecule has 48 heavy (non-hydrogen) atoms. The number of benzene rings is 6. The Morgan fingerprint density at radius 3 is 1.29 bits per heavy atom. The second kappa shape index (κ2) is 15.7. The Kier molecular flexibility index (Phi) is 11.7. The smallest absolute Gasteiger partial charge is 0.283 e. The van der Waals surface area contributed by atoms with Crippen LogP contribution in [0.25, 0.3) is 0 Å². The summed E-state index contributed by atoms with van der Waals surface area (Å²) in [5.74, 6) is 0. The van der Waals surface area contributed by atoms with Crippen LogP contribution >= 0.6 is 7.26 Å². The summed E-state index contributed by atoms with van der Waals surface area (Å²) >= 11 is 0. The molecule has 0 N–H and O–H groups in total. The highest BCUT2D eigenvalue weighted by atomic mass is 79.9. The van der Waals surface area contributed by atoms with Gasteiger partial charge in [0.05, 0.1) is 12.3 Å². The molecule has 0 aromatic heterocycles. The van der Waals surface area contributed by atoms with Gasteiger partial charge in [0.1, 0.15) is 23.2 Å². The van der Waals surface area contributed by atoms with Crippen molar-refractivity contribution in [2.24, 2.45) is 5.41 Å². The Morgan fingerprint density at radius 1 is 0.542 bits per heavy atom. The van der Waals surface area contributed by atoms with Crippen LogP contribution in [0.2, 0.25) is 0 Å². The van der Waals surface area contributed by atoms with Crippen molar-refractivity contribution in [2.75, 3.05) is 0 Å². The van der Waals surface area contributed by atoms with Gasteiger partial charge in [-0.25, -0.2) is 0 Å². The highest BCUT2D eigenvalue weighted by Crippen LogP contribution is 2.58. The predicted octanol–water partition coefficient (Wildman–Crippen LogP) is 5.71. The molecule has 0 spiro atoms. The zero-order chi connectivity index (χ0) is 32.9. The van der Waals surface area contributed by atoms with Crippen molar-refractivity contribution < 1.29 is 21.4 Å². The minimum atomic E-state index is -2.02. The van der Waals surface area contributed by atoms with Crippen molar-refractivity contribution >= 4 is 42.6 Å². The van der Waals surface area contributed by atoms with Crippen molar-refractivity contribution in [1.82, 2.24) is 0 Å². The standard InChI is InChI=1S/C44H45OPSi.BrH/c1-34-32-42(43(44(3,4)5)45-47(40-27-17-9-18-28-40)41-29-19-10-20-30-41)35(2)31-36(34)33-46(37-21-11-6-12-22-37,38-23-13-7-14-24-38)39-25-15-8-16-26-39;/h6-32,43H,33H2,1-5H3;1H/q+1;/p-1. The molecule has 1 radical (unpaired) electrons. The number of hydrogen-bond donors (Lipinski definition) is 0. The summed E-state index contributed by atoms with van der Waals surface area (Å²) < 4.78 is 7.37. The van der Waals surface area contributed by atoms with E-state index in [2.05, 4.69) is 198 Å². The maximum Gasteiger partial charge on any atom is 0.283 e. The van der Waals surface area contributed by atoms with Gasteiger partial charge in [0, 0.05) is 0 Å². The highest BCUT2D eigenvalue weighted by molar-refractivity contribution is 7.95. The first-order chi connectivity index (χ1) is 22.8. The van der Waals surface area contributed by atoms with Gasteiger partial charge in [0.15, 0.2) is 0 Å². The average molecular weight is 729 g/mol. The molecule has 0 aliphatic carbocycles. The number of hydrogen-bond acceptors (Lipinski definition) is 1. The van der Waals surface area contributed by atoms with Crippen LogP contribution in [0, 0.1) is 19.3 Å². The molecule has 243 valence electrons. The zero-order valence-electron chi connectivity index (χ0n) is 28.6. The SMILES string of the molecule is Cc1cc(C(O[Si](c2ccccc2)c2ccccc2)C(C)(C)C)c(C)cc1C[P+](c1ccccc1)(c1ccccc1)c1ccccc1.[Br-]. The minimum absolute atomic E-state index is 0. The quantitative estimate of drug-likeness (QED) is 0.130. The lowest BCUT2D eigenvalue weighted by atomic mass is 9.82. The molecule has 0 bridgehead atoms. The molecule has 6 aromatic rings. The van der Waals surface area contributed by atoms with Crippen LogP contribution < -0.4 is 43.3 Å². The number of halogens is 1. The summed E-state index contributed by atoms with van der Waals surface area (Å²) in [5.41, 5.74) is 5.20. The van der Waals surface area contributed by atoms with Crippen LogP contribution in [0.1, 0.15) is 49.1 Å². The lowest BCUT2D eigenvalue weighted by Crippen LogP contribution is -3.00. The first kappa shape index (κ1) is 35.7.